The second-order valence-corrected chi connectivity index (χ2v) is 13.2. The van der Waals surface area contributed by atoms with Crippen LogP contribution in [0.4, 0.5) is 0 Å². The molecule has 43 heavy (non-hydrogen) atoms. The van der Waals surface area contributed by atoms with Crippen molar-refractivity contribution < 1.29 is 19.0 Å². The molecule has 7 rings (SSSR count). The Morgan fingerprint density at radius 1 is 0.953 bits per heavy atom. The van der Waals surface area contributed by atoms with Gasteiger partial charge in [0.1, 0.15) is 18.0 Å². The number of carbonyl (C=O) groups excluding carboxylic acids is 1. The van der Waals surface area contributed by atoms with Gasteiger partial charge in [-0.2, -0.15) is 0 Å². The number of rotatable bonds is 8. The number of likely N-dealkylation sites (tertiary alicyclic amines) is 1. The quantitative estimate of drug-likeness (QED) is 0.375. The molecule has 8 heteroatoms. The van der Waals surface area contributed by atoms with Gasteiger partial charge in [0.25, 0.3) is 5.91 Å². The predicted octanol–water partition coefficient (Wildman–Crippen LogP) is 4.89. The summed E-state index contributed by atoms with van der Waals surface area (Å²) in [5.41, 5.74) is 3.87. The number of imidazole rings is 1. The summed E-state index contributed by atoms with van der Waals surface area (Å²) in [6.45, 7) is 5.15. The topological polar surface area (TPSA) is 69.1 Å². The summed E-state index contributed by atoms with van der Waals surface area (Å²) in [7, 11) is 3.29. The van der Waals surface area contributed by atoms with Crippen LogP contribution < -0.4 is 0 Å². The maximum Gasteiger partial charge on any atom is 0.254 e. The van der Waals surface area contributed by atoms with Gasteiger partial charge in [0.15, 0.2) is 6.10 Å². The van der Waals surface area contributed by atoms with Gasteiger partial charge in [-0.3, -0.25) is 9.69 Å². The number of aryl methyl sites for hydroxylation is 1. The Bertz CT molecular complexity index is 1400. The zero-order valence-corrected chi connectivity index (χ0v) is 25.9. The first kappa shape index (κ1) is 29.0. The Balaban J connectivity index is 1.04. The Hall–Kier alpha value is -2.78. The molecule has 4 fully saturated rings. The fourth-order valence-electron chi connectivity index (χ4n) is 8.87. The van der Waals surface area contributed by atoms with Crippen LogP contribution in [0.2, 0.25) is 0 Å². The van der Waals surface area contributed by atoms with Crippen molar-refractivity contribution in [3.8, 4) is 0 Å². The van der Waals surface area contributed by atoms with E-state index in [1.54, 1.807) is 14.2 Å². The first-order valence-corrected chi connectivity index (χ1v) is 16.2. The first-order chi connectivity index (χ1) is 21.0. The molecule has 2 aromatic carbocycles. The number of benzene rings is 2. The highest BCUT2D eigenvalue weighted by Crippen LogP contribution is 2.45. The second kappa shape index (κ2) is 12.0. The Labute approximate surface area is 255 Å². The molecule has 2 bridgehead atoms. The van der Waals surface area contributed by atoms with Crippen LogP contribution in [0.1, 0.15) is 62.4 Å². The molecule has 0 radical (unpaired) electrons. The van der Waals surface area contributed by atoms with E-state index in [-0.39, 0.29) is 23.5 Å². The lowest BCUT2D eigenvalue weighted by Crippen LogP contribution is -2.52. The molecule has 0 N–H and O–H groups in total. The van der Waals surface area contributed by atoms with Gasteiger partial charge in [-0.15, -0.1) is 0 Å². The Morgan fingerprint density at radius 2 is 1.65 bits per heavy atom. The van der Waals surface area contributed by atoms with Gasteiger partial charge < -0.3 is 23.7 Å². The summed E-state index contributed by atoms with van der Waals surface area (Å²) < 4.78 is 19.5. The number of para-hydroxylation sites is 2. The van der Waals surface area contributed by atoms with Gasteiger partial charge in [0, 0.05) is 45.4 Å². The maximum absolute atomic E-state index is 13.6. The number of hydrogen-bond donors (Lipinski definition) is 0. The van der Waals surface area contributed by atoms with Crippen molar-refractivity contribution in [1.29, 1.82) is 0 Å². The summed E-state index contributed by atoms with van der Waals surface area (Å²) in [5, 5.41) is 0. The molecule has 0 saturated carbocycles. The molecule has 1 aromatic heterocycles. The summed E-state index contributed by atoms with van der Waals surface area (Å²) in [5.74, 6) is 1.18. The number of fused-ring (bicyclic) bond motifs is 3. The summed E-state index contributed by atoms with van der Waals surface area (Å²) in [6, 6.07) is 21.4. The van der Waals surface area contributed by atoms with Crippen molar-refractivity contribution in [3.05, 3.63) is 66.0 Å². The lowest BCUT2D eigenvalue weighted by molar-refractivity contribution is -0.148. The predicted molar refractivity (Wildman–Crippen MR) is 166 cm³/mol. The van der Waals surface area contributed by atoms with E-state index in [2.05, 4.69) is 71.0 Å². The third kappa shape index (κ3) is 5.20. The highest BCUT2D eigenvalue weighted by atomic mass is 16.6. The van der Waals surface area contributed by atoms with Crippen LogP contribution in [-0.4, -0.2) is 96.1 Å². The summed E-state index contributed by atoms with van der Waals surface area (Å²) >= 11 is 0. The number of piperidine rings is 2. The van der Waals surface area contributed by atoms with Crippen molar-refractivity contribution in [2.75, 3.05) is 40.5 Å². The molecule has 8 nitrogen and oxygen atoms in total. The largest absolute Gasteiger partial charge is 0.376 e. The van der Waals surface area contributed by atoms with E-state index < -0.39 is 6.10 Å². The number of carbonyl (C=O) groups is 1. The molecule has 1 amide bonds. The first-order valence-electron chi connectivity index (χ1n) is 16.2. The Kier molecular flexibility index (Phi) is 8.05. The Morgan fingerprint density at radius 3 is 2.35 bits per heavy atom. The van der Waals surface area contributed by atoms with Gasteiger partial charge >= 0.3 is 0 Å². The minimum Gasteiger partial charge on any atom is -0.376 e. The molecule has 5 heterocycles. The van der Waals surface area contributed by atoms with Crippen LogP contribution in [0, 0.1) is 6.92 Å². The van der Waals surface area contributed by atoms with E-state index in [1.807, 2.05) is 4.90 Å². The molecular weight excluding hydrogens is 540 g/mol. The lowest BCUT2D eigenvalue weighted by Gasteiger charge is -2.46. The average molecular weight is 587 g/mol. The molecular formula is C35H46N4O4. The number of ether oxygens (including phenoxy) is 3. The smallest absolute Gasteiger partial charge is 0.254 e. The zero-order chi connectivity index (χ0) is 29.6. The van der Waals surface area contributed by atoms with E-state index in [4.69, 9.17) is 19.2 Å². The molecule has 0 aliphatic carbocycles. The van der Waals surface area contributed by atoms with Crippen LogP contribution in [0.25, 0.3) is 11.0 Å². The third-order valence-electron chi connectivity index (χ3n) is 11.2. The monoisotopic (exact) mass is 586 g/mol. The van der Waals surface area contributed by atoms with Crippen LogP contribution >= 0.6 is 0 Å². The van der Waals surface area contributed by atoms with E-state index >= 15 is 0 Å². The minimum absolute atomic E-state index is 0.0375. The molecule has 3 aromatic rings. The number of amides is 1. The van der Waals surface area contributed by atoms with Gasteiger partial charge in [0.05, 0.1) is 17.6 Å². The van der Waals surface area contributed by atoms with Gasteiger partial charge in [0.2, 0.25) is 0 Å². The van der Waals surface area contributed by atoms with E-state index in [0.717, 1.165) is 50.2 Å². The van der Waals surface area contributed by atoms with Crippen LogP contribution in [-0.2, 0) is 24.4 Å². The third-order valence-corrected chi connectivity index (χ3v) is 11.2. The second-order valence-electron chi connectivity index (χ2n) is 13.2. The van der Waals surface area contributed by atoms with Crippen molar-refractivity contribution in [2.24, 2.45) is 0 Å². The number of hydrogen-bond acceptors (Lipinski definition) is 6. The molecule has 6 atom stereocenters. The van der Waals surface area contributed by atoms with Crippen LogP contribution in [0.5, 0.6) is 0 Å². The van der Waals surface area contributed by atoms with Crippen molar-refractivity contribution in [3.63, 3.8) is 0 Å². The fourth-order valence-corrected chi connectivity index (χ4v) is 8.87. The molecule has 1 unspecified atom stereocenters. The van der Waals surface area contributed by atoms with Gasteiger partial charge in [-0.1, -0.05) is 42.5 Å². The minimum atomic E-state index is -0.590. The molecule has 230 valence electrons. The standard InChI is InChI=1S/C35H46N4O4/c1-24-36-29-11-7-8-12-30(29)39(24)28-21-26-13-14-27(22-28)38(26)20-17-35(25-9-5-4-6-10-25)15-18-37(19-16-35)34(40)33-32(42-3)31(41-2)23-43-33/h4-12,26-28,31-33H,13-23H2,1-3H3/t26-,27+,28?,31-,32+,33-/m0/s1. The van der Waals surface area contributed by atoms with Crippen LogP contribution in [0.15, 0.2) is 54.6 Å². The maximum atomic E-state index is 13.6. The average Bonchev–Trinajstić information content (AvgIpc) is 3.69. The molecule has 0 spiro atoms. The SMILES string of the molecule is CO[C@@H]1[C@@H](OC)CO[C@@H]1C(=O)N1CCC(CCN2[C@@H]3CC[C@H]2CC(n2c(C)nc4ccccc42)C3)(c2ccccc2)CC1. The normalized spacial score (nSPS) is 30.7. The molecule has 4 aliphatic rings. The summed E-state index contributed by atoms with van der Waals surface area (Å²) in [4.78, 5) is 23.3. The fraction of sp³-hybridized carbons (Fsp3) is 0.600. The van der Waals surface area contributed by atoms with Crippen molar-refractivity contribution in [2.45, 2.75) is 93.7 Å². The highest BCUT2D eigenvalue weighted by Gasteiger charge is 2.47. The van der Waals surface area contributed by atoms with Crippen molar-refractivity contribution in [1.82, 2.24) is 19.4 Å². The number of nitrogens with zero attached hydrogens (tertiary/aromatic N) is 4. The van der Waals surface area contributed by atoms with Crippen molar-refractivity contribution >= 4 is 16.9 Å². The van der Waals surface area contributed by atoms with E-state index in [0.29, 0.717) is 24.7 Å². The molecule has 4 saturated heterocycles. The lowest BCUT2D eigenvalue weighted by atomic mass is 9.70. The van der Waals surface area contributed by atoms with Gasteiger partial charge in [-0.05, 0) is 81.5 Å². The van der Waals surface area contributed by atoms with E-state index in [1.165, 1.54) is 36.8 Å². The molecule has 4 aliphatic heterocycles. The summed E-state index contributed by atoms with van der Waals surface area (Å²) in [6.07, 6.45) is 6.87. The zero-order valence-electron chi connectivity index (χ0n) is 25.9. The number of aromatic nitrogens is 2. The highest BCUT2D eigenvalue weighted by molar-refractivity contribution is 5.82. The van der Waals surface area contributed by atoms with Gasteiger partial charge in [-0.25, -0.2) is 4.98 Å². The number of methoxy groups -OCH3 is 2. The van der Waals surface area contributed by atoms with Crippen LogP contribution in [0.3, 0.4) is 0 Å². The van der Waals surface area contributed by atoms with E-state index in [9.17, 15) is 4.79 Å².